The van der Waals surface area contributed by atoms with Gasteiger partial charge in [0.15, 0.2) is 16.3 Å². The standard InChI is InChI=1S/C29H21N3O8S/c1-2-38-28(35)23-24(16-7-4-3-5-8-16)30-29-31(25(23)17-11-12-20-21(13-17)40-15-39-20)27(34)22(41-29)14-18-9-6-10-19(26(18)33)32(36)37/h3-14,25,33H,2,15H2,1H3/b22-14-. The molecule has 0 fully saturated rings. The van der Waals surface area contributed by atoms with Crippen molar-refractivity contribution in [2.24, 2.45) is 4.99 Å². The zero-order valence-corrected chi connectivity index (χ0v) is 22.3. The number of nitro groups is 1. The molecule has 0 bridgehead atoms. The Kier molecular flexibility index (Phi) is 6.59. The highest BCUT2D eigenvalue weighted by molar-refractivity contribution is 7.07. The Bertz CT molecular complexity index is 1930. The number of carbonyl (C=O) groups is 1. The van der Waals surface area contributed by atoms with Crippen LogP contribution in [0.3, 0.4) is 0 Å². The predicted molar refractivity (Wildman–Crippen MR) is 148 cm³/mol. The second-order valence-electron chi connectivity index (χ2n) is 9.02. The van der Waals surface area contributed by atoms with Gasteiger partial charge in [-0.1, -0.05) is 59.9 Å². The Morgan fingerprint density at radius 3 is 2.71 bits per heavy atom. The van der Waals surface area contributed by atoms with Crippen LogP contribution in [0.4, 0.5) is 5.69 Å². The zero-order valence-electron chi connectivity index (χ0n) is 21.5. The molecule has 1 N–H and O–H groups in total. The van der Waals surface area contributed by atoms with Crippen molar-refractivity contribution in [2.45, 2.75) is 13.0 Å². The van der Waals surface area contributed by atoms with E-state index in [1.54, 1.807) is 25.1 Å². The molecule has 1 aromatic heterocycles. The van der Waals surface area contributed by atoms with Gasteiger partial charge in [-0.2, -0.15) is 0 Å². The molecule has 2 aliphatic heterocycles. The maximum absolute atomic E-state index is 14.0. The molecule has 3 aromatic carbocycles. The molecule has 0 saturated carbocycles. The zero-order chi connectivity index (χ0) is 28.7. The minimum absolute atomic E-state index is 0.0457. The quantitative estimate of drug-likeness (QED) is 0.211. The summed E-state index contributed by atoms with van der Waals surface area (Å²) in [7, 11) is 0. The third kappa shape index (κ3) is 4.53. The van der Waals surface area contributed by atoms with E-state index < -0.39 is 33.9 Å². The van der Waals surface area contributed by atoms with Crippen molar-refractivity contribution in [3.8, 4) is 17.2 Å². The number of nitrogens with zero attached hydrogens (tertiary/aromatic N) is 3. The number of ether oxygens (including phenoxy) is 3. The van der Waals surface area contributed by atoms with Crippen molar-refractivity contribution in [2.75, 3.05) is 13.4 Å². The molecule has 4 aromatic rings. The summed E-state index contributed by atoms with van der Waals surface area (Å²) in [5.41, 5.74) is 0.822. The van der Waals surface area contributed by atoms with Crippen LogP contribution in [0.5, 0.6) is 17.2 Å². The topological polar surface area (TPSA) is 142 Å². The average Bonchev–Trinajstić information content (AvgIpc) is 3.57. The van der Waals surface area contributed by atoms with Gasteiger partial charge in [0, 0.05) is 17.2 Å². The fraction of sp³-hybridized carbons (Fsp3) is 0.138. The van der Waals surface area contributed by atoms with Crippen molar-refractivity contribution < 1.29 is 29.0 Å². The van der Waals surface area contributed by atoms with Crippen molar-refractivity contribution >= 4 is 34.8 Å². The average molecular weight is 572 g/mol. The summed E-state index contributed by atoms with van der Waals surface area (Å²) >= 11 is 1.03. The number of para-hydroxylation sites is 1. The maximum atomic E-state index is 14.0. The van der Waals surface area contributed by atoms with E-state index >= 15 is 0 Å². The predicted octanol–water partition coefficient (Wildman–Crippen LogP) is 3.28. The van der Waals surface area contributed by atoms with Crippen LogP contribution >= 0.6 is 11.3 Å². The number of aromatic nitrogens is 1. The van der Waals surface area contributed by atoms with Crippen LogP contribution in [-0.4, -0.2) is 34.0 Å². The van der Waals surface area contributed by atoms with Gasteiger partial charge >= 0.3 is 11.7 Å². The van der Waals surface area contributed by atoms with Crippen LogP contribution in [0.1, 0.15) is 29.7 Å². The molecule has 1 atom stereocenters. The fourth-order valence-electron chi connectivity index (χ4n) is 4.79. The smallest absolute Gasteiger partial charge is 0.338 e. The second kappa shape index (κ2) is 10.4. The largest absolute Gasteiger partial charge is 0.502 e. The van der Waals surface area contributed by atoms with Crippen LogP contribution in [0.2, 0.25) is 0 Å². The second-order valence-corrected chi connectivity index (χ2v) is 10.0. The molecule has 12 heteroatoms. The number of esters is 1. The van der Waals surface area contributed by atoms with Gasteiger partial charge in [0.25, 0.3) is 5.56 Å². The van der Waals surface area contributed by atoms with Gasteiger partial charge in [-0.05, 0) is 30.7 Å². The van der Waals surface area contributed by atoms with E-state index in [4.69, 9.17) is 19.2 Å². The summed E-state index contributed by atoms with van der Waals surface area (Å²) < 4.78 is 18.0. The molecule has 3 heterocycles. The van der Waals surface area contributed by atoms with Gasteiger partial charge in [-0.15, -0.1) is 0 Å². The van der Waals surface area contributed by atoms with Crippen molar-refractivity contribution in [1.29, 1.82) is 0 Å². The third-order valence-corrected chi connectivity index (χ3v) is 7.60. The summed E-state index contributed by atoms with van der Waals surface area (Å²) in [6.45, 7) is 1.84. The first kappa shape index (κ1) is 26.0. The highest BCUT2D eigenvalue weighted by Gasteiger charge is 2.36. The Balaban J connectivity index is 1.65. The number of rotatable bonds is 6. The number of benzene rings is 3. The van der Waals surface area contributed by atoms with Crippen molar-refractivity contribution in [1.82, 2.24) is 4.57 Å². The normalized spacial score (nSPS) is 15.8. The lowest BCUT2D eigenvalue weighted by molar-refractivity contribution is -0.385. The van der Waals surface area contributed by atoms with Gasteiger partial charge in [-0.25, -0.2) is 9.79 Å². The number of fused-ring (bicyclic) bond motifs is 2. The number of thiazole rings is 1. The molecule has 6 rings (SSSR count). The summed E-state index contributed by atoms with van der Waals surface area (Å²) in [5.74, 6) is -0.198. The highest BCUT2D eigenvalue weighted by atomic mass is 32.1. The lowest BCUT2D eigenvalue weighted by Gasteiger charge is -2.26. The summed E-state index contributed by atoms with van der Waals surface area (Å²) in [6, 6.07) is 17.4. The van der Waals surface area contributed by atoms with E-state index in [1.807, 2.05) is 30.3 Å². The number of carbonyl (C=O) groups excluding carboxylic acids is 1. The Labute approximate surface area is 235 Å². The number of phenols is 1. The van der Waals surface area contributed by atoms with Gasteiger partial charge < -0.3 is 19.3 Å². The summed E-state index contributed by atoms with van der Waals surface area (Å²) in [5, 5.41) is 21.8. The first-order valence-corrected chi connectivity index (χ1v) is 13.3. The SMILES string of the molecule is CCOC(=O)C1=C(c2ccccc2)N=c2s/c(=C\c3cccc([N+](=O)[O-])c3O)c(=O)n2C1c1ccc2c(c1)OCO2. The van der Waals surface area contributed by atoms with Crippen LogP contribution in [0, 0.1) is 10.1 Å². The molecule has 11 nitrogen and oxygen atoms in total. The molecule has 0 radical (unpaired) electrons. The van der Waals surface area contributed by atoms with Crippen molar-refractivity contribution in [3.05, 3.63) is 119 Å². The maximum Gasteiger partial charge on any atom is 0.338 e. The molecule has 206 valence electrons. The van der Waals surface area contributed by atoms with Gasteiger partial charge in [0.05, 0.1) is 33.4 Å². The highest BCUT2D eigenvalue weighted by Crippen LogP contribution is 2.40. The molecule has 2 aliphatic rings. The van der Waals surface area contributed by atoms with Crippen LogP contribution in [-0.2, 0) is 9.53 Å². The van der Waals surface area contributed by atoms with E-state index in [2.05, 4.69) is 0 Å². The van der Waals surface area contributed by atoms with E-state index in [-0.39, 0.29) is 29.1 Å². The molecule has 0 amide bonds. The number of nitro benzene ring substituents is 1. The number of hydrogen-bond donors (Lipinski definition) is 1. The number of phenolic OH excluding ortho intramolecular Hbond substituents is 1. The minimum Gasteiger partial charge on any atom is -0.502 e. The minimum atomic E-state index is -0.948. The van der Waals surface area contributed by atoms with Crippen LogP contribution in [0.15, 0.2) is 82.1 Å². The Morgan fingerprint density at radius 2 is 1.95 bits per heavy atom. The van der Waals surface area contributed by atoms with Gasteiger partial charge in [0.1, 0.15) is 0 Å². The molecular formula is C29H21N3O8S. The monoisotopic (exact) mass is 571 g/mol. The Hall–Kier alpha value is -5.23. The first-order chi connectivity index (χ1) is 19.9. The number of aromatic hydroxyl groups is 1. The molecule has 0 spiro atoms. The molecule has 1 unspecified atom stereocenters. The van der Waals surface area contributed by atoms with E-state index in [1.165, 1.54) is 28.8 Å². The Morgan fingerprint density at radius 1 is 1.17 bits per heavy atom. The van der Waals surface area contributed by atoms with Crippen LogP contribution < -0.4 is 24.4 Å². The lowest BCUT2D eigenvalue weighted by atomic mass is 9.93. The summed E-state index contributed by atoms with van der Waals surface area (Å²) in [4.78, 5) is 43.2. The van der Waals surface area contributed by atoms with Gasteiger partial charge in [-0.3, -0.25) is 19.5 Å². The van der Waals surface area contributed by atoms with E-state index in [0.717, 1.165) is 11.3 Å². The van der Waals surface area contributed by atoms with E-state index in [9.17, 15) is 24.8 Å². The molecule has 0 saturated heterocycles. The van der Waals surface area contributed by atoms with E-state index in [0.29, 0.717) is 33.1 Å². The third-order valence-electron chi connectivity index (χ3n) is 6.62. The lowest BCUT2D eigenvalue weighted by Crippen LogP contribution is -2.40. The molecule has 0 aliphatic carbocycles. The van der Waals surface area contributed by atoms with Crippen LogP contribution in [0.25, 0.3) is 11.8 Å². The molecular weight excluding hydrogens is 550 g/mol. The fourth-order valence-corrected chi connectivity index (χ4v) is 5.78. The first-order valence-electron chi connectivity index (χ1n) is 12.5. The number of hydrogen-bond acceptors (Lipinski definition) is 10. The molecule has 41 heavy (non-hydrogen) atoms. The summed E-state index contributed by atoms with van der Waals surface area (Å²) in [6.07, 6.45) is 1.37. The van der Waals surface area contributed by atoms with Crippen molar-refractivity contribution in [3.63, 3.8) is 0 Å². The van der Waals surface area contributed by atoms with Gasteiger partial charge in [0.2, 0.25) is 12.5 Å².